The lowest BCUT2D eigenvalue weighted by atomic mass is 10.1. The SMILES string of the molecule is N=C(N)C(=N)CC(=NCc1ccccc1F)c1ccon1. The second kappa shape index (κ2) is 6.56. The third-order valence-electron chi connectivity index (χ3n) is 2.80. The molecule has 0 aliphatic rings. The smallest absolute Gasteiger partial charge is 0.137 e. The molecule has 0 amide bonds. The molecule has 2 aromatic rings. The van der Waals surface area contributed by atoms with Gasteiger partial charge < -0.3 is 15.7 Å². The van der Waals surface area contributed by atoms with Crippen molar-refractivity contribution >= 4 is 17.3 Å². The number of amidine groups is 1. The van der Waals surface area contributed by atoms with E-state index in [-0.39, 0.29) is 30.3 Å². The van der Waals surface area contributed by atoms with Gasteiger partial charge in [-0.15, -0.1) is 0 Å². The van der Waals surface area contributed by atoms with Crippen molar-refractivity contribution in [2.45, 2.75) is 13.0 Å². The standard InChI is InChI=1S/C14H14FN5O/c15-10-4-2-1-3-9(10)8-19-13(7-11(16)14(17)18)12-5-6-21-20-12/h1-6,16H,7-8H2,(H3,17,18). The van der Waals surface area contributed by atoms with E-state index in [0.29, 0.717) is 17.0 Å². The largest absolute Gasteiger partial charge is 0.383 e. The van der Waals surface area contributed by atoms with Crippen LogP contribution in [0.25, 0.3) is 0 Å². The summed E-state index contributed by atoms with van der Waals surface area (Å²) in [5, 5.41) is 18.6. The molecule has 1 heterocycles. The Kier molecular flexibility index (Phi) is 4.55. The zero-order chi connectivity index (χ0) is 15.2. The molecule has 0 saturated heterocycles. The van der Waals surface area contributed by atoms with Crippen molar-refractivity contribution in [2.24, 2.45) is 10.7 Å². The third-order valence-corrected chi connectivity index (χ3v) is 2.80. The number of rotatable bonds is 6. The lowest BCUT2D eigenvalue weighted by molar-refractivity contribution is 0.418. The fourth-order valence-corrected chi connectivity index (χ4v) is 1.66. The van der Waals surface area contributed by atoms with Crippen molar-refractivity contribution in [2.75, 3.05) is 0 Å². The Morgan fingerprint density at radius 2 is 2.05 bits per heavy atom. The van der Waals surface area contributed by atoms with Crippen LogP contribution < -0.4 is 5.73 Å². The molecule has 1 aromatic carbocycles. The van der Waals surface area contributed by atoms with Crippen LogP contribution in [0.2, 0.25) is 0 Å². The third kappa shape index (κ3) is 3.82. The first-order valence-electron chi connectivity index (χ1n) is 6.17. The van der Waals surface area contributed by atoms with Crippen molar-refractivity contribution in [3.63, 3.8) is 0 Å². The summed E-state index contributed by atoms with van der Waals surface area (Å²) in [5.74, 6) is -0.681. The van der Waals surface area contributed by atoms with E-state index in [1.165, 1.54) is 12.3 Å². The van der Waals surface area contributed by atoms with Crippen LogP contribution in [0.5, 0.6) is 0 Å². The molecule has 0 saturated carbocycles. The van der Waals surface area contributed by atoms with Crippen LogP contribution in [0, 0.1) is 16.6 Å². The van der Waals surface area contributed by atoms with Gasteiger partial charge in [-0.3, -0.25) is 10.4 Å². The minimum atomic E-state index is -0.345. The highest BCUT2D eigenvalue weighted by molar-refractivity contribution is 6.42. The zero-order valence-corrected chi connectivity index (χ0v) is 11.1. The Morgan fingerprint density at radius 1 is 1.29 bits per heavy atom. The number of nitrogens with zero attached hydrogens (tertiary/aromatic N) is 2. The van der Waals surface area contributed by atoms with Gasteiger partial charge in [0.15, 0.2) is 0 Å². The van der Waals surface area contributed by atoms with Gasteiger partial charge in [-0.1, -0.05) is 23.4 Å². The lowest BCUT2D eigenvalue weighted by Crippen LogP contribution is -2.24. The molecule has 0 spiro atoms. The van der Waals surface area contributed by atoms with E-state index in [2.05, 4.69) is 10.1 Å². The summed E-state index contributed by atoms with van der Waals surface area (Å²) in [7, 11) is 0. The van der Waals surface area contributed by atoms with E-state index in [9.17, 15) is 4.39 Å². The number of aromatic nitrogens is 1. The van der Waals surface area contributed by atoms with Crippen molar-refractivity contribution in [1.82, 2.24) is 5.16 Å². The number of nitrogens with two attached hydrogens (primary N) is 1. The van der Waals surface area contributed by atoms with Gasteiger partial charge in [-0.2, -0.15) is 0 Å². The summed E-state index contributed by atoms with van der Waals surface area (Å²) >= 11 is 0. The Morgan fingerprint density at radius 3 is 2.67 bits per heavy atom. The minimum Gasteiger partial charge on any atom is -0.383 e. The molecule has 4 N–H and O–H groups in total. The highest BCUT2D eigenvalue weighted by Gasteiger charge is 2.12. The molecule has 108 valence electrons. The van der Waals surface area contributed by atoms with Crippen molar-refractivity contribution in [3.05, 3.63) is 53.7 Å². The molecule has 2 rings (SSSR count). The Hall–Kier alpha value is -2.83. The van der Waals surface area contributed by atoms with Crippen LogP contribution >= 0.6 is 0 Å². The summed E-state index contributed by atoms with van der Waals surface area (Å²) < 4.78 is 18.3. The Labute approximate surface area is 120 Å². The monoisotopic (exact) mass is 287 g/mol. The molecule has 0 radical (unpaired) electrons. The maximum atomic E-state index is 13.6. The molecular weight excluding hydrogens is 273 g/mol. The normalized spacial score (nSPS) is 11.4. The quantitative estimate of drug-likeness (QED) is 0.559. The molecule has 0 aliphatic carbocycles. The molecule has 7 heteroatoms. The maximum absolute atomic E-state index is 13.6. The van der Waals surface area contributed by atoms with E-state index in [4.69, 9.17) is 21.1 Å². The summed E-state index contributed by atoms with van der Waals surface area (Å²) in [5.41, 5.74) is 6.49. The number of aliphatic imine (C=N–C) groups is 1. The van der Waals surface area contributed by atoms with E-state index < -0.39 is 0 Å². The predicted molar refractivity (Wildman–Crippen MR) is 77.4 cm³/mol. The number of halogens is 1. The van der Waals surface area contributed by atoms with Gasteiger partial charge in [0, 0.05) is 18.1 Å². The van der Waals surface area contributed by atoms with Crippen molar-refractivity contribution in [1.29, 1.82) is 10.8 Å². The average Bonchev–Trinajstić information content (AvgIpc) is 2.98. The predicted octanol–water partition coefficient (Wildman–Crippen LogP) is 2.15. The highest BCUT2D eigenvalue weighted by atomic mass is 19.1. The van der Waals surface area contributed by atoms with Gasteiger partial charge in [-0.25, -0.2) is 4.39 Å². The van der Waals surface area contributed by atoms with Gasteiger partial charge in [0.2, 0.25) is 0 Å². The molecule has 0 aliphatic heterocycles. The Bertz CT molecular complexity index is 678. The van der Waals surface area contributed by atoms with Crippen LogP contribution in [-0.4, -0.2) is 22.4 Å². The highest BCUT2D eigenvalue weighted by Crippen LogP contribution is 2.10. The van der Waals surface area contributed by atoms with Gasteiger partial charge >= 0.3 is 0 Å². The zero-order valence-electron chi connectivity index (χ0n) is 11.1. The molecule has 0 atom stereocenters. The molecule has 0 unspecified atom stereocenters. The van der Waals surface area contributed by atoms with E-state index in [1.54, 1.807) is 24.3 Å². The topological polar surface area (TPSA) is 112 Å². The van der Waals surface area contributed by atoms with Crippen molar-refractivity contribution in [3.8, 4) is 0 Å². The van der Waals surface area contributed by atoms with Crippen LogP contribution in [0.1, 0.15) is 17.7 Å². The second-order valence-corrected chi connectivity index (χ2v) is 4.31. The first-order valence-corrected chi connectivity index (χ1v) is 6.17. The fraction of sp³-hybridized carbons (Fsp3) is 0.143. The van der Waals surface area contributed by atoms with Crippen LogP contribution in [0.3, 0.4) is 0 Å². The van der Waals surface area contributed by atoms with Crippen LogP contribution in [0.15, 0.2) is 46.1 Å². The van der Waals surface area contributed by atoms with Crippen molar-refractivity contribution < 1.29 is 8.91 Å². The number of nitrogens with one attached hydrogen (secondary N) is 2. The van der Waals surface area contributed by atoms with Gasteiger partial charge in [0.1, 0.15) is 23.6 Å². The van der Waals surface area contributed by atoms with Crippen LogP contribution in [0.4, 0.5) is 4.39 Å². The molecule has 0 fully saturated rings. The number of hydrogen-bond donors (Lipinski definition) is 3. The molecule has 1 aromatic heterocycles. The first-order chi connectivity index (χ1) is 10.1. The van der Waals surface area contributed by atoms with E-state index in [0.717, 1.165) is 0 Å². The molecular formula is C14H14FN5O. The van der Waals surface area contributed by atoms with Gasteiger partial charge in [0.05, 0.1) is 18.0 Å². The van der Waals surface area contributed by atoms with Gasteiger partial charge in [0.25, 0.3) is 0 Å². The Balaban J connectivity index is 2.23. The minimum absolute atomic E-state index is 0.0380. The average molecular weight is 287 g/mol. The maximum Gasteiger partial charge on any atom is 0.137 e. The molecule has 0 bridgehead atoms. The lowest BCUT2D eigenvalue weighted by Gasteiger charge is -2.05. The molecule has 6 nitrogen and oxygen atoms in total. The van der Waals surface area contributed by atoms with Gasteiger partial charge in [-0.05, 0) is 6.07 Å². The van der Waals surface area contributed by atoms with E-state index in [1.807, 2.05) is 0 Å². The molecule has 21 heavy (non-hydrogen) atoms. The summed E-state index contributed by atoms with van der Waals surface area (Å²) in [6.07, 6.45) is 1.42. The summed E-state index contributed by atoms with van der Waals surface area (Å²) in [6.45, 7) is 0.111. The van der Waals surface area contributed by atoms with E-state index >= 15 is 0 Å². The second-order valence-electron chi connectivity index (χ2n) is 4.31. The fourth-order valence-electron chi connectivity index (χ4n) is 1.66. The first kappa shape index (κ1) is 14.6. The number of hydrogen-bond acceptors (Lipinski definition) is 5. The number of benzene rings is 1. The summed E-state index contributed by atoms with van der Waals surface area (Å²) in [6, 6.07) is 7.91. The van der Waals surface area contributed by atoms with Crippen LogP contribution in [-0.2, 0) is 6.54 Å². The summed E-state index contributed by atoms with van der Waals surface area (Å²) in [4.78, 5) is 4.28.